The molecule has 0 saturated carbocycles. The Morgan fingerprint density at radius 2 is 1.27 bits per heavy atom. The van der Waals surface area contributed by atoms with E-state index >= 15 is 0 Å². The fourth-order valence-electron chi connectivity index (χ4n) is 4.77. The Bertz CT molecular complexity index is 1530. The second kappa shape index (κ2) is 9.50. The molecule has 2 nitrogen and oxygen atoms in total. The summed E-state index contributed by atoms with van der Waals surface area (Å²) in [6.07, 6.45) is 0.729. The molecule has 37 heavy (non-hydrogen) atoms. The van der Waals surface area contributed by atoms with Gasteiger partial charge in [0.1, 0.15) is 5.60 Å². The van der Waals surface area contributed by atoms with Crippen molar-refractivity contribution in [1.29, 1.82) is 0 Å². The molecule has 0 saturated heterocycles. The lowest BCUT2D eigenvalue weighted by Gasteiger charge is -2.27. The van der Waals surface area contributed by atoms with Crippen LogP contribution >= 0.6 is 15.9 Å². The van der Waals surface area contributed by atoms with Crippen LogP contribution in [0.3, 0.4) is 0 Å². The maximum absolute atomic E-state index is 13.3. The Labute approximate surface area is 229 Å². The molecule has 0 atom stereocenters. The van der Waals surface area contributed by atoms with Crippen LogP contribution in [0.4, 0.5) is 0 Å². The lowest BCUT2D eigenvalue weighted by atomic mass is 9.78. The predicted molar refractivity (Wildman–Crippen MR) is 159 cm³/mol. The Morgan fingerprint density at radius 1 is 0.730 bits per heavy atom. The molecule has 0 aliphatic carbocycles. The van der Waals surface area contributed by atoms with Gasteiger partial charge in [0.2, 0.25) is 0 Å². The highest BCUT2D eigenvalue weighted by Gasteiger charge is 2.28. The van der Waals surface area contributed by atoms with Crippen molar-refractivity contribution in [1.82, 2.24) is 0 Å². The lowest BCUT2D eigenvalue weighted by molar-refractivity contribution is 0.143. The average molecular weight is 557 g/mol. The zero-order valence-corrected chi connectivity index (χ0v) is 24.7. The minimum atomic E-state index is -1.08. The minimum absolute atomic E-state index is 0.159. The van der Waals surface area contributed by atoms with Gasteiger partial charge in [-0.05, 0) is 85.8 Å². The van der Waals surface area contributed by atoms with Crippen molar-refractivity contribution < 1.29 is 10.2 Å². The third-order valence-electron chi connectivity index (χ3n) is 6.69. The highest BCUT2D eigenvalue weighted by atomic mass is 79.9. The largest absolute Gasteiger partial charge is 0.378 e. The van der Waals surface area contributed by atoms with Gasteiger partial charge in [0.25, 0.3) is 0 Å². The van der Waals surface area contributed by atoms with Crippen molar-refractivity contribution in [2.75, 3.05) is 0 Å². The number of benzene rings is 4. The minimum Gasteiger partial charge on any atom is -0.378 e. The summed E-state index contributed by atoms with van der Waals surface area (Å²) in [4.78, 5) is 0. The van der Waals surface area contributed by atoms with E-state index in [0.29, 0.717) is 0 Å². The van der Waals surface area contributed by atoms with Gasteiger partial charge >= 0.3 is 0 Å². The Morgan fingerprint density at radius 3 is 1.81 bits per heavy atom. The van der Waals surface area contributed by atoms with Gasteiger partial charge in [-0.1, -0.05) is 102 Å². The molecule has 4 aromatic rings. The highest BCUT2D eigenvalue weighted by molar-refractivity contribution is 9.10. The normalized spacial score (nSPS) is 12.6. The molecule has 4 aromatic carbocycles. The molecular weight excluding hydrogens is 520 g/mol. The van der Waals surface area contributed by atoms with Gasteiger partial charge in [0.05, 0.1) is 0 Å². The second-order valence-electron chi connectivity index (χ2n) is 12.6. The summed E-state index contributed by atoms with van der Waals surface area (Å²) in [5.74, 6) is 6.43. The van der Waals surface area contributed by atoms with Crippen LogP contribution in [0, 0.1) is 11.8 Å². The van der Waals surface area contributed by atoms with Crippen LogP contribution in [0.1, 0.15) is 83.2 Å². The van der Waals surface area contributed by atoms with E-state index in [1.807, 2.05) is 12.1 Å². The molecule has 191 valence electrons. The number of halogens is 1. The van der Waals surface area contributed by atoms with E-state index < -0.39 is 5.60 Å². The molecule has 0 aromatic heterocycles. The summed E-state index contributed by atoms with van der Waals surface area (Å²) < 4.78 is 1.04. The van der Waals surface area contributed by atoms with E-state index in [9.17, 15) is 10.2 Å². The Balaban J connectivity index is 1.91. The standard InChI is InChI=1S/C34H36BrO2/c1-32(2,3)28-19-22(20-29(31(28)36)33(4,5)6)17-21-13-14-24-25(15-16-34(7,8)37)23-11-9-10-12-26(23)30(35)27(24)18-21/h9-14,18-20,37H,17H2,1-8H3. The molecule has 1 radical (unpaired) electrons. The molecule has 0 bridgehead atoms. The first-order valence-electron chi connectivity index (χ1n) is 12.8. The topological polar surface area (TPSA) is 40.1 Å². The van der Waals surface area contributed by atoms with E-state index in [1.54, 1.807) is 13.8 Å². The predicted octanol–water partition coefficient (Wildman–Crippen LogP) is 9.21. The summed E-state index contributed by atoms with van der Waals surface area (Å²) in [5.41, 5.74) is 3.43. The van der Waals surface area contributed by atoms with Gasteiger partial charge in [-0.15, -0.1) is 0 Å². The monoisotopic (exact) mass is 555 g/mol. The Hall–Kier alpha value is -2.80. The second-order valence-corrected chi connectivity index (χ2v) is 13.4. The van der Waals surface area contributed by atoms with Crippen molar-refractivity contribution >= 4 is 37.5 Å². The molecule has 4 rings (SSSR count). The van der Waals surface area contributed by atoms with Gasteiger partial charge < -0.3 is 5.11 Å². The van der Waals surface area contributed by atoms with E-state index in [4.69, 9.17) is 0 Å². The van der Waals surface area contributed by atoms with Crippen LogP contribution in [0.2, 0.25) is 0 Å². The number of aliphatic hydroxyl groups is 1. The number of fused-ring (bicyclic) bond motifs is 2. The molecule has 0 amide bonds. The molecule has 3 heteroatoms. The molecule has 0 fully saturated rings. The summed E-state index contributed by atoms with van der Waals surface area (Å²) >= 11 is 3.87. The van der Waals surface area contributed by atoms with Crippen LogP contribution in [0.15, 0.2) is 59.1 Å². The first-order chi connectivity index (χ1) is 17.1. The highest BCUT2D eigenvalue weighted by Crippen LogP contribution is 2.41. The lowest BCUT2D eigenvalue weighted by Crippen LogP contribution is -2.17. The van der Waals surface area contributed by atoms with E-state index in [0.717, 1.165) is 54.7 Å². The maximum atomic E-state index is 13.3. The molecule has 0 heterocycles. The van der Waals surface area contributed by atoms with Crippen molar-refractivity contribution in [3.63, 3.8) is 0 Å². The summed E-state index contributed by atoms with van der Waals surface area (Å²) in [6.45, 7) is 16.0. The zero-order valence-electron chi connectivity index (χ0n) is 23.1. The van der Waals surface area contributed by atoms with E-state index in [1.165, 1.54) is 5.56 Å². The summed E-state index contributed by atoms with van der Waals surface area (Å²) in [6, 6.07) is 18.9. The van der Waals surface area contributed by atoms with Crippen molar-refractivity contribution in [2.45, 2.75) is 78.2 Å². The first kappa shape index (κ1) is 27.2. The SMILES string of the molecule is CC(C)(O)C#Cc1c2ccccc2c(Br)c2cc(Cc3cc(C(C)(C)C)c([O])c(C(C)(C)C)c3)ccc12. The zero-order chi connectivity index (χ0) is 27.3. The fourth-order valence-corrected chi connectivity index (χ4v) is 5.45. The van der Waals surface area contributed by atoms with Gasteiger partial charge in [0, 0.05) is 21.2 Å². The molecule has 0 spiro atoms. The quantitative estimate of drug-likeness (QED) is 0.194. The summed E-state index contributed by atoms with van der Waals surface area (Å²) in [5, 5.41) is 27.9. The van der Waals surface area contributed by atoms with Crippen molar-refractivity contribution in [3.05, 3.63) is 86.9 Å². The smallest absolute Gasteiger partial charge is 0.186 e. The molecule has 0 aliphatic rings. The number of hydrogen-bond acceptors (Lipinski definition) is 1. The van der Waals surface area contributed by atoms with Crippen LogP contribution in [0.5, 0.6) is 5.75 Å². The third kappa shape index (κ3) is 5.71. The van der Waals surface area contributed by atoms with Gasteiger partial charge in [-0.2, -0.15) is 0 Å². The average Bonchev–Trinajstić information content (AvgIpc) is 2.78. The number of rotatable bonds is 2. The number of hydrogen-bond donors (Lipinski definition) is 1. The first-order valence-corrected chi connectivity index (χ1v) is 13.6. The van der Waals surface area contributed by atoms with Gasteiger partial charge in [-0.25, -0.2) is 0 Å². The Kier molecular flexibility index (Phi) is 6.99. The third-order valence-corrected chi connectivity index (χ3v) is 7.54. The molecule has 0 aliphatic heterocycles. The van der Waals surface area contributed by atoms with Gasteiger partial charge in [-0.3, -0.25) is 5.11 Å². The molecular formula is C34H36BrO2. The van der Waals surface area contributed by atoms with E-state index in [2.05, 4.69) is 112 Å². The van der Waals surface area contributed by atoms with Crippen molar-refractivity contribution in [2.24, 2.45) is 0 Å². The van der Waals surface area contributed by atoms with Crippen LogP contribution in [-0.4, -0.2) is 10.7 Å². The molecule has 0 unspecified atom stereocenters. The van der Waals surface area contributed by atoms with Crippen molar-refractivity contribution in [3.8, 4) is 17.6 Å². The summed E-state index contributed by atoms with van der Waals surface area (Å²) in [7, 11) is 0. The van der Waals surface area contributed by atoms with E-state index in [-0.39, 0.29) is 16.6 Å². The maximum Gasteiger partial charge on any atom is 0.186 e. The molecule has 1 N–H and O–H groups in total. The van der Waals surface area contributed by atoms with Crippen LogP contribution in [-0.2, 0) is 22.4 Å². The fraction of sp³-hybridized carbons (Fsp3) is 0.353. The van der Waals surface area contributed by atoms with Gasteiger partial charge in [0.15, 0.2) is 5.75 Å². The van der Waals surface area contributed by atoms with Crippen LogP contribution in [0.25, 0.3) is 21.5 Å². The van der Waals surface area contributed by atoms with Crippen LogP contribution < -0.4 is 0 Å².